The Hall–Kier alpha value is -0.490. The van der Waals surface area contributed by atoms with Crippen molar-refractivity contribution in [1.29, 1.82) is 0 Å². The maximum Gasteiger partial charge on any atom is 0.129 e. The maximum atomic E-state index is 13.6. The second kappa shape index (κ2) is 5.87. The quantitative estimate of drug-likeness (QED) is 0.420. The molecule has 2 aromatic rings. The van der Waals surface area contributed by atoms with Crippen molar-refractivity contribution in [3.8, 4) is 0 Å². The maximum absolute atomic E-state index is 13.6. The van der Waals surface area contributed by atoms with Crippen molar-refractivity contribution < 1.29 is 8.78 Å². The first kappa shape index (κ1) is 14.9. The Balaban J connectivity index is 2.47. The van der Waals surface area contributed by atoms with Crippen molar-refractivity contribution in [2.24, 2.45) is 0 Å². The smallest absolute Gasteiger partial charge is 0.129 e. The van der Waals surface area contributed by atoms with Crippen molar-refractivity contribution in [2.75, 3.05) is 0 Å². The summed E-state index contributed by atoms with van der Waals surface area (Å²) in [5.41, 5.74) is 3.20. The van der Waals surface area contributed by atoms with Gasteiger partial charge in [-0.3, -0.25) is 0 Å². The highest BCUT2D eigenvalue weighted by atomic mass is 127. The molecule has 0 amide bonds. The van der Waals surface area contributed by atoms with E-state index in [1.165, 1.54) is 12.1 Å². The number of rotatable bonds is 2. The van der Waals surface area contributed by atoms with Gasteiger partial charge in [0.15, 0.2) is 0 Å². The lowest BCUT2D eigenvalue weighted by Gasteiger charge is -2.15. The minimum atomic E-state index is -0.251. The number of hydrogen-bond acceptors (Lipinski definition) is 0. The van der Waals surface area contributed by atoms with Gasteiger partial charge in [-0.2, -0.15) is 0 Å². The third-order valence-corrected chi connectivity index (χ3v) is 4.94. The molecule has 19 heavy (non-hydrogen) atoms. The molecule has 0 radical (unpaired) electrons. The zero-order chi connectivity index (χ0) is 14.2. The van der Waals surface area contributed by atoms with Crippen LogP contribution < -0.4 is 0 Å². The Morgan fingerprint density at radius 1 is 1.05 bits per heavy atom. The standard InChI is InChI=1S/C15H12BrF2I/c1-8-5-10(6-9(2)15(8)18)14(16)12-4-3-11(17)7-13(12)19/h3-7,14H,1-2H3. The molecule has 4 heteroatoms. The summed E-state index contributed by atoms with van der Waals surface area (Å²) in [5.74, 6) is -0.420. The van der Waals surface area contributed by atoms with Crippen LogP contribution in [0.3, 0.4) is 0 Å². The SMILES string of the molecule is Cc1cc(C(Br)c2ccc(F)cc2I)cc(C)c1F. The number of benzene rings is 2. The molecule has 0 saturated carbocycles. The van der Waals surface area contributed by atoms with Gasteiger partial charge < -0.3 is 0 Å². The molecule has 0 heterocycles. The molecule has 0 N–H and O–H groups in total. The normalized spacial score (nSPS) is 12.5. The van der Waals surface area contributed by atoms with E-state index in [0.29, 0.717) is 11.1 Å². The van der Waals surface area contributed by atoms with Gasteiger partial charge in [-0.25, -0.2) is 8.78 Å². The zero-order valence-corrected chi connectivity index (χ0v) is 14.2. The summed E-state index contributed by atoms with van der Waals surface area (Å²) < 4.78 is 27.6. The second-order valence-electron chi connectivity index (χ2n) is 4.50. The van der Waals surface area contributed by atoms with Gasteiger partial charge in [-0.05, 0) is 70.8 Å². The van der Waals surface area contributed by atoms with Crippen LogP contribution in [0.1, 0.15) is 27.1 Å². The van der Waals surface area contributed by atoms with Gasteiger partial charge in [-0.1, -0.05) is 34.1 Å². The Labute approximate surface area is 133 Å². The zero-order valence-electron chi connectivity index (χ0n) is 10.5. The van der Waals surface area contributed by atoms with Crippen LogP contribution in [0.25, 0.3) is 0 Å². The minimum absolute atomic E-state index is 0.0713. The highest BCUT2D eigenvalue weighted by molar-refractivity contribution is 14.1. The summed E-state index contributed by atoms with van der Waals surface area (Å²) >= 11 is 5.72. The molecule has 0 aliphatic rings. The predicted molar refractivity (Wildman–Crippen MR) is 85.8 cm³/mol. The van der Waals surface area contributed by atoms with Crippen LogP contribution >= 0.6 is 38.5 Å². The molecule has 1 atom stereocenters. The summed E-state index contributed by atoms with van der Waals surface area (Å²) in [6.07, 6.45) is 0. The van der Waals surface area contributed by atoms with E-state index >= 15 is 0 Å². The number of halogens is 4. The Morgan fingerprint density at radius 2 is 1.63 bits per heavy atom. The molecule has 0 bridgehead atoms. The molecule has 0 aliphatic heterocycles. The van der Waals surface area contributed by atoms with Crippen LogP contribution in [0, 0.1) is 29.1 Å². The summed E-state index contributed by atoms with van der Waals surface area (Å²) in [4.78, 5) is -0.0713. The van der Waals surface area contributed by atoms with Gasteiger partial charge in [0.2, 0.25) is 0 Å². The van der Waals surface area contributed by atoms with Crippen LogP contribution in [-0.4, -0.2) is 0 Å². The first-order valence-electron chi connectivity index (χ1n) is 5.76. The lowest BCUT2D eigenvalue weighted by molar-refractivity contribution is 0.608. The Morgan fingerprint density at radius 3 is 2.16 bits per heavy atom. The van der Waals surface area contributed by atoms with E-state index in [1.807, 2.05) is 12.1 Å². The van der Waals surface area contributed by atoms with Gasteiger partial charge in [-0.15, -0.1) is 0 Å². The van der Waals surface area contributed by atoms with E-state index in [-0.39, 0.29) is 16.5 Å². The van der Waals surface area contributed by atoms with Crippen LogP contribution in [0.5, 0.6) is 0 Å². The van der Waals surface area contributed by atoms with E-state index in [4.69, 9.17) is 0 Å². The summed E-state index contributed by atoms with van der Waals surface area (Å²) in [6, 6.07) is 8.33. The molecule has 100 valence electrons. The number of alkyl halides is 1. The fraction of sp³-hybridized carbons (Fsp3) is 0.200. The van der Waals surface area contributed by atoms with Gasteiger partial charge >= 0.3 is 0 Å². The molecule has 0 aromatic heterocycles. The third kappa shape index (κ3) is 3.16. The lowest BCUT2D eigenvalue weighted by atomic mass is 10.00. The molecule has 0 fully saturated rings. The van der Waals surface area contributed by atoms with E-state index in [9.17, 15) is 8.78 Å². The topological polar surface area (TPSA) is 0 Å². The molecule has 1 unspecified atom stereocenters. The minimum Gasteiger partial charge on any atom is -0.207 e. The fourth-order valence-electron chi connectivity index (χ4n) is 2.01. The Kier molecular flexibility index (Phi) is 4.61. The highest BCUT2D eigenvalue weighted by Gasteiger charge is 2.16. The summed E-state index contributed by atoms with van der Waals surface area (Å²) in [6.45, 7) is 3.50. The van der Waals surface area contributed by atoms with E-state index < -0.39 is 0 Å². The number of hydrogen-bond donors (Lipinski definition) is 0. The van der Waals surface area contributed by atoms with Gasteiger partial charge in [0.25, 0.3) is 0 Å². The van der Waals surface area contributed by atoms with Crippen molar-refractivity contribution in [2.45, 2.75) is 18.7 Å². The monoisotopic (exact) mass is 436 g/mol. The van der Waals surface area contributed by atoms with Crippen LogP contribution in [0.4, 0.5) is 8.78 Å². The predicted octanol–water partition coefficient (Wildman–Crippen LogP) is 5.67. The molecule has 0 nitrogen and oxygen atoms in total. The molecule has 2 aromatic carbocycles. The number of aryl methyl sites for hydroxylation is 2. The van der Waals surface area contributed by atoms with E-state index in [0.717, 1.165) is 14.7 Å². The van der Waals surface area contributed by atoms with Crippen molar-refractivity contribution in [3.05, 3.63) is 67.8 Å². The molecule has 0 saturated heterocycles. The highest BCUT2D eigenvalue weighted by Crippen LogP contribution is 2.35. The largest absolute Gasteiger partial charge is 0.207 e. The van der Waals surface area contributed by atoms with Crippen LogP contribution in [0.15, 0.2) is 30.3 Å². The first-order valence-corrected chi connectivity index (χ1v) is 7.75. The van der Waals surface area contributed by atoms with Gasteiger partial charge in [0.05, 0.1) is 4.83 Å². The summed E-state index contributed by atoms with van der Waals surface area (Å²) in [7, 11) is 0. The molecular formula is C15H12BrF2I. The second-order valence-corrected chi connectivity index (χ2v) is 6.57. The van der Waals surface area contributed by atoms with Crippen molar-refractivity contribution in [1.82, 2.24) is 0 Å². The Bertz CT molecular complexity index is 603. The average Bonchev–Trinajstić information content (AvgIpc) is 2.34. The van der Waals surface area contributed by atoms with Crippen molar-refractivity contribution >= 4 is 38.5 Å². The van der Waals surface area contributed by atoms with E-state index in [2.05, 4.69) is 38.5 Å². The third-order valence-electron chi connectivity index (χ3n) is 2.99. The van der Waals surface area contributed by atoms with E-state index in [1.54, 1.807) is 19.9 Å². The van der Waals surface area contributed by atoms with Crippen LogP contribution in [-0.2, 0) is 0 Å². The lowest BCUT2D eigenvalue weighted by Crippen LogP contribution is -1.99. The summed E-state index contributed by atoms with van der Waals surface area (Å²) in [5, 5.41) is 0. The van der Waals surface area contributed by atoms with Gasteiger partial charge in [0.1, 0.15) is 11.6 Å². The van der Waals surface area contributed by atoms with Crippen molar-refractivity contribution in [3.63, 3.8) is 0 Å². The molecule has 2 rings (SSSR count). The molecule has 0 spiro atoms. The fourth-order valence-corrected chi connectivity index (χ4v) is 3.89. The molecular weight excluding hydrogens is 425 g/mol. The average molecular weight is 437 g/mol. The van der Waals surface area contributed by atoms with Gasteiger partial charge in [0, 0.05) is 3.57 Å². The first-order chi connectivity index (χ1) is 8.90. The van der Waals surface area contributed by atoms with Crippen LogP contribution in [0.2, 0.25) is 0 Å². The molecule has 0 aliphatic carbocycles.